The van der Waals surface area contributed by atoms with E-state index in [0.29, 0.717) is 22.4 Å². The fourth-order valence-corrected chi connectivity index (χ4v) is 1.35. The van der Waals surface area contributed by atoms with E-state index in [0.717, 1.165) is 0 Å². The lowest BCUT2D eigenvalue weighted by Gasteiger charge is -2.08. The van der Waals surface area contributed by atoms with Crippen molar-refractivity contribution in [2.45, 2.75) is 13.0 Å². The van der Waals surface area contributed by atoms with Gasteiger partial charge in [0.1, 0.15) is 12.4 Å². The van der Waals surface area contributed by atoms with E-state index >= 15 is 0 Å². The summed E-state index contributed by atoms with van der Waals surface area (Å²) in [6.45, 7) is 2.32. The molecular formula is C9H11Cl2NO. The second-order valence-corrected chi connectivity index (χ2v) is 3.77. The van der Waals surface area contributed by atoms with E-state index in [-0.39, 0.29) is 6.04 Å². The number of halogens is 2. The Morgan fingerprint density at radius 3 is 2.31 bits per heavy atom. The largest absolute Gasteiger partial charge is 0.492 e. The fraction of sp³-hybridized carbons (Fsp3) is 0.333. The van der Waals surface area contributed by atoms with Gasteiger partial charge < -0.3 is 10.5 Å². The lowest BCUT2D eigenvalue weighted by Crippen LogP contribution is -2.23. The highest BCUT2D eigenvalue weighted by Gasteiger charge is 2.00. The smallest absolute Gasteiger partial charge is 0.122 e. The highest BCUT2D eigenvalue weighted by Crippen LogP contribution is 2.24. The van der Waals surface area contributed by atoms with Gasteiger partial charge in [0.15, 0.2) is 0 Å². The second kappa shape index (κ2) is 4.70. The van der Waals surface area contributed by atoms with Crippen LogP contribution in [-0.4, -0.2) is 12.6 Å². The van der Waals surface area contributed by atoms with Crippen molar-refractivity contribution in [3.63, 3.8) is 0 Å². The molecule has 0 saturated heterocycles. The molecule has 0 radical (unpaired) electrons. The molecule has 0 aliphatic carbocycles. The van der Waals surface area contributed by atoms with Gasteiger partial charge in [-0.15, -0.1) is 0 Å². The third-order valence-corrected chi connectivity index (χ3v) is 1.79. The van der Waals surface area contributed by atoms with Gasteiger partial charge >= 0.3 is 0 Å². The zero-order valence-electron chi connectivity index (χ0n) is 7.26. The average Bonchev–Trinajstić information content (AvgIpc) is 1.99. The Balaban J connectivity index is 2.66. The molecule has 1 rings (SSSR count). The van der Waals surface area contributed by atoms with Crippen LogP contribution in [0.2, 0.25) is 10.0 Å². The van der Waals surface area contributed by atoms with Crippen molar-refractivity contribution in [2.75, 3.05) is 6.61 Å². The molecule has 0 unspecified atom stereocenters. The summed E-state index contributed by atoms with van der Waals surface area (Å²) in [4.78, 5) is 0. The van der Waals surface area contributed by atoms with Crippen molar-refractivity contribution in [1.29, 1.82) is 0 Å². The predicted molar refractivity (Wildman–Crippen MR) is 55.6 cm³/mol. The lowest BCUT2D eigenvalue weighted by atomic mass is 10.3. The second-order valence-electron chi connectivity index (χ2n) is 2.89. The van der Waals surface area contributed by atoms with Gasteiger partial charge in [0.25, 0.3) is 0 Å². The number of benzene rings is 1. The minimum Gasteiger partial charge on any atom is -0.492 e. The molecule has 0 saturated carbocycles. The van der Waals surface area contributed by atoms with Crippen LogP contribution >= 0.6 is 23.2 Å². The molecule has 1 aromatic carbocycles. The normalized spacial score (nSPS) is 12.6. The Bertz CT molecular complexity index is 269. The molecule has 0 spiro atoms. The summed E-state index contributed by atoms with van der Waals surface area (Å²) in [7, 11) is 0. The van der Waals surface area contributed by atoms with Crippen molar-refractivity contribution in [1.82, 2.24) is 0 Å². The standard InChI is InChI=1S/C9H11Cl2NO/c1-6(12)5-13-9-3-7(10)2-8(11)4-9/h2-4,6H,5,12H2,1H3/t6-/m0/s1. The van der Waals surface area contributed by atoms with Crippen molar-refractivity contribution < 1.29 is 4.74 Å². The molecule has 1 aromatic rings. The molecule has 0 aliphatic heterocycles. The topological polar surface area (TPSA) is 35.2 Å². The molecular weight excluding hydrogens is 209 g/mol. The first-order valence-electron chi connectivity index (χ1n) is 3.92. The van der Waals surface area contributed by atoms with E-state index in [1.165, 1.54) is 0 Å². The lowest BCUT2D eigenvalue weighted by molar-refractivity contribution is 0.296. The number of nitrogens with two attached hydrogens (primary N) is 1. The number of hydrogen-bond acceptors (Lipinski definition) is 2. The van der Waals surface area contributed by atoms with Gasteiger partial charge in [0, 0.05) is 16.1 Å². The molecule has 4 heteroatoms. The first-order chi connectivity index (χ1) is 6.08. The molecule has 0 amide bonds. The molecule has 0 aliphatic rings. The molecule has 1 atom stereocenters. The average molecular weight is 220 g/mol. The van der Waals surface area contributed by atoms with Crippen LogP contribution in [0, 0.1) is 0 Å². The first kappa shape index (κ1) is 10.6. The SMILES string of the molecule is C[C@H](N)COc1cc(Cl)cc(Cl)c1. The van der Waals surface area contributed by atoms with E-state index in [2.05, 4.69) is 0 Å². The van der Waals surface area contributed by atoms with E-state index < -0.39 is 0 Å². The van der Waals surface area contributed by atoms with Crippen LogP contribution in [0.15, 0.2) is 18.2 Å². The summed E-state index contributed by atoms with van der Waals surface area (Å²) >= 11 is 11.5. The Kier molecular flexibility index (Phi) is 3.85. The highest BCUT2D eigenvalue weighted by atomic mass is 35.5. The van der Waals surface area contributed by atoms with Gasteiger partial charge in [-0.2, -0.15) is 0 Å². The quantitative estimate of drug-likeness (QED) is 0.849. The van der Waals surface area contributed by atoms with Gasteiger partial charge in [-0.25, -0.2) is 0 Å². The molecule has 0 aromatic heterocycles. The molecule has 2 nitrogen and oxygen atoms in total. The summed E-state index contributed by atoms with van der Waals surface area (Å²) < 4.78 is 5.34. The van der Waals surface area contributed by atoms with Gasteiger partial charge in [0.05, 0.1) is 0 Å². The van der Waals surface area contributed by atoms with Crippen LogP contribution in [-0.2, 0) is 0 Å². The molecule has 0 bridgehead atoms. The summed E-state index contributed by atoms with van der Waals surface area (Å²) in [6.07, 6.45) is 0. The van der Waals surface area contributed by atoms with Crippen molar-refractivity contribution in [3.05, 3.63) is 28.2 Å². The highest BCUT2D eigenvalue weighted by molar-refractivity contribution is 6.34. The van der Waals surface area contributed by atoms with Crippen LogP contribution in [0.5, 0.6) is 5.75 Å². The van der Waals surface area contributed by atoms with E-state index in [1.54, 1.807) is 18.2 Å². The first-order valence-corrected chi connectivity index (χ1v) is 4.68. The zero-order valence-corrected chi connectivity index (χ0v) is 8.77. The van der Waals surface area contributed by atoms with Gasteiger partial charge in [-0.05, 0) is 25.1 Å². The Hall–Kier alpha value is -0.440. The minimum absolute atomic E-state index is 0.00208. The van der Waals surface area contributed by atoms with Gasteiger partial charge in [-0.3, -0.25) is 0 Å². The third-order valence-electron chi connectivity index (χ3n) is 1.35. The minimum atomic E-state index is -0.00208. The van der Waals surface area contributed by atoms with Crippen molar-refractivity contribution >= 4 is 23.2 Å². The summed E-state index contributed by atoms with van der Waals surface area (Å²) in [5.74, 6) is 0.648. The number of ether oxygens (including phenoxy) is 1. The van der Waals surface area contributed by atoms with Crippen LogP contribution < -0.4 is 10.5 Å². The zero-order chi connectivity index (χ0) is 9.84. The molecule has 0 heterocycles. The summed E-state index contributed by atoms with van der Waals surface area (Å²) in [5.41, 5.74) is 5.53. The monoisotopic (exact) mass is 219 g/mol. The van der Waals surface area contributed by atoms with E-state index in [4.69, 9.17) is 33.7 Å². The number of hydrogen-bond donors (Lipinski definition) is 1. The van der Waals surface area contributed by atoms with Gasteiger partial charge in [-0.1, -0.05) is 23.2 Å². The van der Waals surface area contributed by atoms with Crippen molar-refractivity contribution in [2.24, 2.45) is 5.73 Å². The van der Waals surface area contributed by atoms with Crippen LogP contribution in [0.1, 0.15) is 6.92 Å². The van der Waals surface area contributed by atoms with Crippen LogP contribution in [0.3, 0.4) is 0 Å². The third kappa shape index (κ3) is 3.85. The Morgan fingerprint density at radius 2 is 1.85 bits per heavy atom. The van der Waals surface area contributed by atoms with Crippen LogP contribution in [0.4, 0.5) is 0 Å². The molecule has 2 N–H and O–H groups in total. The molecule has 0 fully saturated rings. The van der Waals surface area contributed by atoms with Crippen LogP contribution in [0.25, 0.3) is 0 Å². The van der Waals surface area contributed by atoms with E-state index in [1.807, 2.05) is 6.92 Å². The van der Waals surface area contributed by atoms with E-state index in [9.17, 15) is 0 Å². The summed E-state index contributed by atoms with van der Waals surface area (Å²) in [5, 5.41) is 1.12. The van der Waals surface area contributed by atoms with Gasteiger partial charge in [0.2, 0.25) is 0 Å². The Labute approximate surface area is 87.6 Å². The molecule has 72 valence electrons. The number of rotatable bonds is 3. The maximum Gasteiger partial charge on any atom is 0.122 e. The molecule has 13 heavy (non-hydrogen) atoms. The van der Waals surface area contributed by atoms with Crippen molar-refractivity contribution in [3.8, 4) is 5.75 Å². The summed E-state index contributed by atoms with van der Waals surface area (Å²) in [6, 6.07) is 5.06. The maximum atomic E-state index is 5.77. The Morgan fingerprint density at radius 1 is 1.31 bits per heavy atom. The predicted octanol–water partition coefficient (Wildman–Crippen LogP) is 2.72. The fourth-order valence-electron chi connectivity index (χ4n) is 0.840. The maximum absolute atomic E-state index is 5.77.